The number of aryl methyl sites for hydroxylation is 2. The van der Waals surface area contributed by atoms with Crippen LogP contribution in [0.4, 0.5) is 11.4 Å². The van der Waals surface area contributed by atoms with E-state index in [4.69, 9.17) is 4.74 Å². The lowest BCUT2D eigenvalue weighted by Crippen LogP contribution is -2.15. The summed E-state index contributed by atoms with van der Waals surface area (Å²) in [5.74, 6) is 0.164. The van der Waals surface area contributed by atoms with Gasteiger partial charge in [-0.15, -0.1) is 0 Å². The summed E-state index contributed by atoms with van der Waals surface area (Å²) >= 11 is 0. The van der Waals surface area contributed by atoms with Crippen molar-refractivity contribution < 1.29 is 17.9 Å². The maximum Gasteiger partial charge on any atom is 0.261 e. The molecule has 0 radical (unpaired) electrons. The molecule has 0 fully saturated rings. The summed E-state index contributed by atoms with van der Waals surface area (Å²) < 4.78 is 33.4. The highest BCUT2D eigenvalue weighted by Crippen LogP contribution is 2.22. The van der Waals surface area contributed by atoms with Crippen molar-refractivity contribution in [3.63, 3.8) is 0 Å². The Kier molecular flexibility index (Phi) is 6.42. The fraction of sp³-hybridized carbons (Fsp3) is 0.174. The van der Waals surface area contributed by atoms with Gasteiger partial charge in [-0.1, -0.05) is 18.2 Å². The standard InChI is InChI=1S/C23H24N2O4S/c1-4-29-22-8-6-5-7-21(22)23(26)24-18-11-13-20(14-12-18)30(27,28)25-19-10-9-16(2)17(3)15-19/h5-15,25H,4H2,1-3H3,(H,24,26). The van der Waals surface area contributed by atoms with Gasteiger partial charge in [-0.2, -0.15) is 0 Å². The van der Waals surface area contributed by atoms with Crippen LogP contribution in [0.1, 0.15) is 28.4 Å². The van der Waals surface area contributed by atoms with Crippen molar-refractivity contribution in [1.29, 1.82) is 0 Å². The molecule has 0 aliphatic rings. The van der Waals surface area contributed by atoms with E-state index in [-0.39, 0.29) is 10.8 Å². The molecule has 3 rings (SSSR count). The maximum absolute atomic E-state index is 12.7. The number of ether oxygens (including phenoxy) is 1. The van der Waals surface area contributed by atoms with E-state index >= 15 is 0 Å². The van der Waals surface area contributed by atoms with Gasteiger partial charge in [0, 0.05) is 11.4 Å². The van der Waals surface area contributed by atoms with E-state index in [1.807, 2.05) is 26.8 Å². The molecule has 3 aromatic rings. The number of nitrogens with one attached hydrogen (secondary N) is 2. The first-order valence-electron chi connectivity index (χ1n) is 9.53. The van der Waals surface area contributed by atoms with E-state index in [1.165, 1.54) is 12.1 Å². The molecule has 0 aliphatic heterocycles. The average molecular weight is 425 g/mol. The zero-order chi connectivity index (χ0) is 21.7. The Labute approximate surface area is 177 Å². The Bertz CT molecular complexity index is 1160. The molecule has 0 spiro atoms. The van der Waals surface area contributed by atoms with Crippen molar-refractivity contribution in [2.24, 2.45) is 0 Å². The van der Waals surface area contributed by atoms with Crippen molar-refractivity contribution in [3.05, 3.63) is 83.4 Å². The smallest absolute Gasteiger partial charge is 0.261 e. The summed E-state index contributed by atoms with van der Waals surface area (Å²) in [4.78, 5) is 12.7. The third-order valence-electron chi connectivity index (χ3n) is 4.61. The maximum atomic E-state index is 12.7. The SMILES string of the molecule is CCOc1ccccc1C(=O)Nc1ccc(S(=O)(=O)Nc2ccc(C)c(C)c2)cc1. The predicted octanol–water partition coefficient (Wildman–Crippen LogP) is 4.76. The summed E-state index contributed by atoms with van der Waals surface area (Å²) in [6, 6.07) is 18.3. The van der Waals surface area contributed by atoms with Crippen LogP contribution in [0.2, 0.25) is 0 Å². The highest BCUT2D eigenvalue weighted by molar-refractivity contribution is 7.92. The number of amides is 1. The quantitative estimate of drug-likeness (QED) is 0.573. The minimum atomic E-state index is -3.74. The van der Waals surface area contributed by atoms with Gasteiger partial charge >= 0.3 is 0 Å². The number of carbonyl (C=O) groups is 1. The van der Waals surface area contributed by atoms with Gasteiger partial charge in [-0.05, 0) is 80.4 Å². The summed E-state index contributed by atoms with van der Waals surface area (Å²) in [5.41, 5.74) is 3.48. The lowest BCUT2D eigenvalue weighted by atomic mass is 10.1. The summed E-state index contributed by atoms with van der Waals surface area (Å²) in [6.07, 6.45) is 0. The number of sulfonamides is 1. The Balaban J connectivity index is 1.74. The second kappa shape index (κ2) is 9.00. The van der Waals surface area contributed by atoms with E-state index < -0.39 is 10.0 Å². The van der Waals surface area contributed by atoms with Gasteiger partial charge < -0.3 is 10.1 Å². The molecule has 156 valence electrons. The van der Waals surface area contributed by atoms with Gasteiger partial charge in [-0.25, -0.2) is 8.42 Å². The van der Waals surface area contributed by atoms with Gasteiger partial charge in [0.2, 0.25) is 0 Å². The molecule has 1 amide bonds. The first kappa shape index (κ1) is 21.4. The number of hydrogen-bond acceptors (Lipinski definition) is 4. The van der Waals surface area contributed by atoms with Crippen molar-refractivity contribution in [3.8, 4) is 5.75 Å². The van der Waals surface area contributed by atoms with E-state index in [0.717, 1.165) is 11.1 Å². The first-order chi connectivity index (χ1) is 14.3. The zero-order valence-corrected chi connectivity index (χ0v) is 17.9. The molecule has 0 saturated heterocycles. The van der Waals surface area contributed by atoms with E-state index in [2.05, 4.69) is 10.0 Å². The minimum absolute atomic E-state index is 0.105. The molecule has 2 N–H and O–H groups in total. The van der Waals surface area contributed by atoms with Crippen LogP contribution in [-0.4, -0.2) is 20.9 Å². The number of anilines is 2. The Hall–Kier alpha value is -3.32. The molecule has 0 aromatic heterocycles. The van der Waals surface area contributed by atoms with Crippen molar-refractivity contribution in [2.75, 3.05) is 16.6 Å². The van der Waals surface area contributed by atoms with Crippen LogP contribution in [0.5, 0.6) is 5.75 Å². The Morgan fingerprint density at radius 3 is 2.23 bits per heavy atom. The molecule has 6 nitrogen and oxygen atoms in total. The van der Waals surface area contributed by atoms with Crippen molar-refractivity contribution in [2.45, 2.75) is 25.7 Å². The van der Waals surface area contributed by atoms with Crippen LogP contribution in [0, 0.1) is 13.8 Å². The number of benzene rings is 3. The lowest BCUT2D eigenvalue weighted by Gasteiger charge is -2.12. The van der Waals surface area contributed by atoms with Crippen LogP contribution in [0.15, 0.2) is 71.6 Å². The van der Waals surface area contributed by atoms with Crippen LogP contribution < -0.4 is 14.8 Å². The summed E-state index contributed by atoms with van der Waals surface area (Å²) in [6.45, 7) is 6.19. The van der Waals surface area contributed by atoms with Gasteiger partial charge in [0.05, 0.1) is 17.1 Å². The van der Waals surface area contributed by atoms with Crippen LogP contribution >= 0.6 is 0 Å². The molecular formula is C23H24N2O4S. The molecule has 7 heteroatoms. The second-order valence-electron chi connectivity index (χ2n) is 6.81. The van der Waals surface area contributed by atoms with Gasteiger partial charge in [-0.3, -0.25) is 9.52 Å². The summed E-state index contributed by atoms with van der Waals surface area (Å²) in [7, 11) is -3.74. The molecule has 0 unspecified atom stereocenters. The number of rotatable bonds is 7. The normalized spacial score (nSPS) is 11.0. The summed E-state index contributed by atoms with van der Waals surface area (Å²) in [5, 5.41) is 2.76. The van der Waals surface area contributed by atoms with E-state index in [1.54, 1.807) is 48.5 Å². The molecular weight excluding hydrogens is 400 g/mol. The number of carbonyl (C=O) groups excluding carboxylic acids is 1. The number of para-hydroxylation sites is 1. The van der Waals surface area contributed by atoms with Gasteiger partial charge in [0.25, 0.3) is 15.9 Å². The third kappa shape index (κ3) is 4.99. The van der Waals surface area contributed by atoms with E-state index in [9.17, 15) is 13.2 Å². The molecule has 0 aliphatic carbocycles. The zero-order valence-electron chi connectivity index (χ0n) is 17.1. The molecule has 0 bridgehead atoms. The molecule has 3 aromatic carbocycles. The van der Waals surface area contributed by atoms with Crippen LogP contribution in [0.3, 0.4) is 0 Å². The van der Waals surface area contributed by atoms with Crippen LogP contribution in [0.25, 0.3) is 0 Å². The fourth-order valence-electron chi connectivity index (χ4n) is 2.87. The second-order valence-corrected chi connectivity index (χ2v) is 8.49. The lowest BCUT2D eigenvalue weighted by molar-refractivity contribution is 0.102. The average Bonchev–Trinajstić information content (AvgIpc) is 2.71. The van der Waals surface area contributed by atoms with Crippen molar-refractivity contribution in [1.82, 2.24) is 0 Å². The molecule has 0 atom stereocenters. The van der Waals surface area contributed by atoms with Gasteiger partial charge in [0.1, 0.15) is 5.75 Å². The highest BCUT2D eigenvalue weighted by Gasteiger charge is 2.16. The Morgan fingerprint density at radius 1 is 0.900 bits per heavy atom. The molecule has 30 heavy (non-hydrogen) atoms. The predicted molar refractivity (Wildman–Crippen MR) is 119 cm³/mol. The Morgan fingerprint density at radius 2 is 1.57 bits per heavy atom. The molecule has 0 saturated carbocycles. The van der Waals surface area contributed by atoms with Gasteiger partial charge in [0.15, 0.2) is 0 Å². The number of hydrogen-bond donors (Lipinski definition) is 2. The van der Waals surface area contributed by atoms with Crippen LogP contribution in [-0.2, 0) is 10.0 Å². The highest BCUT2D eigenvalue weighted by atomic mass is 32.2. The molecule has 0 heterocycles. The third-order valence-corrected chi connectivity index (χ3v) is 6.01. The fourth-order valence-corrected chi connectivity index (χ4v) is 3.92. The largest absolute Gasteiger partial charge is 0.493 e. The van der Waals surface area contributed by atoms with Crippen molar-refractivity contribution >= 4 is 27.3 Å². The van der Waals surface area contributed by atoms with E-state index in [0.29, 0.717) is 29.3 Å². The topological polar surface area (TPSA) is 84.5 Å². The first-order valence-corrected chi connectivity index (χ1v) is 11.0. The monoisotopic (exact) mass is 424 g/mol. The minimum Gasteiger partial charge on any atom is -0.493 e.